The minimum Gasteiger partial charge on any atom is -0.497 e. The molecule has 1 saturated carbocycles. The van der Waals surface area contributed by atoms with E-state index in [0.717, 1.165) is 17.9 Å². The number of carbonyl (C=O) groups excluding carboxylic acids is 2. The quantitative estimate of drug-likeness (QED) is 0.667. The number of hydrogen-bond donors (Lipinski definition) is 0. The molecule has 1 aromatic heterocycles. The van der Waals surface area contributed by atoms with Crippen molar-refractivity contribution in [1.82, 2.24) is 4.90 Å². The number of amides is 2. The van der Waals surface area contributed by atoms with Crippen LogP contribution in [0.2, 0.25) is 0 Å². The maximum absolute atomic E-state index is 13.1. The van der Waals surface area contributed by atoms with E-state index in [4.69, 9.17) is 13.9 Å². The van der Waals surface area contributed by atoms with Gasteiger partial charge in [0.2, 0.25) is 5.91 Å². The van der Waals surface area contributed by atoms with Crippen LogP contribution in [0.4, 0.5) is 5.69 Å². The molecule has 0 radical (unpaired) electrons. The van der Waals surface area contributed by atoms with Gasteiger partial charge in [-0.15, -0.1) is 0 Å². The normalized spacial score (nSPS) is 23.8. The molecule has 2 heterocycles. The van der Waals surface area contributed by atoms with Crippen LogP contribution in [0.3, 0.4) is 0 Å². The van der Waals surface area contributed by atoms with Gasteiger partial charge in [-0.3, -0.25) is 14.5 Å². The first kappa shape index (κ1) is 19.5. The van der Waals surface area contributed by atoms with Gasteiger partial charge in [-0.1, -0.05) is 6.92 Å². The van der Waals surface area contributed by atoms with E-state index >= 15 is 0 Å². The van der Waals surface area contributed by atoms with E-state index in [2.05, 4.69) is 6.92 Å². The Morgan fingerprint density at radius 1 is 1.17 bits per heavy atom. The third kappa shape index (κ3) is 3.62. The van der Waals surface area contributed by atoms with Gasteiger partial charge in [-0.2, -0.15) is 0 Å². The lowest BCUT2D eigenvalue weighted by Gasteiger charge is -2.22. The van der Waals surface area contributed by atoms with E-state index in [-0.39, 0.29) is 18.2 Å². The Morgan fingerprint density at radius 3 is 2.59 bits per heavy atom. The highest BCUT2D eigenvalue weighted by molar-refractivity contribution is 6.23. The van der Waals surface area contributed by atoms with E-state index in [1.165, 1.54) is 12.0 Å². The molecule has 2 fully saturated rings. The van der Waals surface area contributed by atoms with Crippen LogP contribution in [0.15, 0.2) is 34.7 Å². The number of carbonyl (C=O) groups is 2. The van der Waals surface area contributed by atoms with Gasteiger partial charge in [0.25, 0.3) is 5.91 Å². The molecule has 7 nitrogen and oxygen atoms in total. The summed E-state index contributed by atoms with van der Waals surface area (Å²) in [7, 11) is 4.89. The zero-order valence-electron chi connectivity index (χ0n) is 17.2. The summed E-state index contributed by atoms with van der Waals surface area (Å²) in [5, 5.41) is 0. The minimum atomic E-state index is -0.539. The number of ether oxygens (including phenoxy) is 2. The predicted molar refractivity (Wildman–Crippen MR) is 107 cm³/mol. The van der Waals surface area contributed by atoms with Crippen molar-refractivity contribution in [2.75, 3.05) is 26.2 Å². The molecule has 3 unspecified atom stereocenters. The van der Waals surface area contributed by atoms with Gasteiger partial charge in [0.05, 0.1) is 38.9 Å². The molecule has 0 bridgehead atoms. The molecule has 29 heavy (non-hydrogen) atoms. The Labute approximate surface area is 170 Å². The van der Waals surface area contributed by atoms with Crippen LogP contribution in [0, 0.1) is 5.92 Å². The summed E-state index contributed by atoms with van der Waals surface area (Å²) in [6.07, 6.45) is 1.29. The third-order valence-electron chi connectivity index (χ3n) is 5.85. The first-order valence-electron chi connectivity index (χ1n) is 9.80. The fraction of sp³-hybridized carbons (Fsp3) is 0.455. The molecule has 2 aliphatic rings. The Bertz CT molecular complexity index is 937. The molecule has 1 aliphatic carbocycles. The van der Waals surface area contributed by atoms with E-state index in [0.29, 0.717) is 35.6 Å². The van der Waals surface area contributed by atoms with Gasteiger partial charge in [0, 0.05) is 12.0 Å². The number of anilines is 1. The smallest absolute Gasteiger partial charge is 0.251 e. The van der Waals surface area contributed by atoms with Gasteiger partial charge >= 0.3 is 0 Å². The second kappa shape index (κ2) is 7.55. The SMILES string of the molecule is COc1ccc(N2C(=O)CC(N(C)Cc3ccc(C4CC4C)o3)C2=O)c(OC)c1. The van der Waals surface area contributed by atoms with Crippen molar-refractivity contribution in [1.29, 1.82) is 0 Å². The molecule has 2 aromatic rings. The molecule has 1 aromatic carbocycles. The Kier molecular flexibility index (Phi) is 5.08. The van der Waals surface area contributed by atoms with Crippen molar-refractivity contribution in [2.45, 2.75) is 38.3 Å². The van der Waals surface area contributed by atoms with Crippen LogP contribution in [0.5, 0.6) is 11.5 Å². The molecule has 1 saturated heterocycles. The number of benzene rings is 1. The minimum absolute atomic E-state index is 0.123. The Morgan fingerprint density at radius 2 is 1.93 bits per heavy atom. The highest BCUT2D eigenvalue weighted by Crippen LogP contribution is 2.47. The summed E-state index contributed by atoms with van der Waals surface area (Å²) >= 11 is 0. The van der Waals surface area contributed by atoms with Crippen molar-refractivity contribution in [3.8, 4) is 11.5 Å². The van der Waals surface area contributed by atoms with Gasteiger partial charge in [-0.05, 0) is 43.7 Å². The Balaban J connectivity index is 1.49. The highest BCUT2D eigenvalue weighted by Gasteiger charge is 2.43. The molecule has 2 amide bonds. The van der Waals surface area contributed by atoms with E-state index in [1.807, 2.05) is 24.1 Å². The number of likely N-dealkylation sites (N-methyl/N-ethyl adjacent to an activating group) is 1. The molecular weight excluding hydrogens is 372 g/mol. The topological polar surface area (TPSA) is 72.2 Å². The first-order valence-corrected chi connectivity index (χ1v) is 9.80. The zero-order valence-corrected chi connectivity index (χ0v) is 17.2. The molecule has 4 rings (SSSR count). The molecule has 154 valence electrons. The van der Waals surface area contributed by atoms with Crippen LogP contribution >= 0.6 is 0 Å². The maximum atomic E-state index is 13.1. The molecule has 1 aliphatic heterocycles. The molecule has 0 N–H and O–H groups in total. The second-order valence-corrected chi connectivity index (χ2v) is 7.86. The van der Waals surface area contributed by atoms with Crippen molar-refractivity contribution < 1.29 is 23.5 Å². The van der Waals surface area contributed by atoms with Crippen molar-refractivity contribution >= 4 is 17.5 Å². The van der Waals surface area contributed by atoms with Crippen molar-refractivity contribution in [3.63, 3.8) is 0 Å². The number of rotatable bonds is 7. The van der Waals surface area contributed by atoms with Crippen LogP contribution in [0.25, 0.3) is 0 Å². The van der Waals surface area contributed by atoms with E-state index in [1.54, 1.807) is 25.3 Å². The predicted octanol–water partition coefficient (Wildman–Crippen LogP) is 3.18. The fourth-order valence-electron chi connectivity index (χ4n) is 3.94. The van der Waals surface area contributed by atoms with Gasteiger partial charge in [0.1, 0.15) is 23.0 Å². The number of imide groups is 1. The van der Waals surface area contributed by atoms with E-state index in [9.17, 15) is 9.59 Å². The Hall–Kier alpha value is -2.80. The van der Waals surface area contributed by atoms with Crippen molar-refractivity contribution in [3.05, 3.63) is 41.9 Å². The summed E-state index contributed by atoms with van der Waals surface area (Å²) in [6.45, 7) is 2.68. The lowest BCUT2D eigenvalue weighted by molar-refractivity contribution is -0.122. The summed E-state index contributed by atoms with van der Waals surface area (Å²) in [5.41, 5.74) is 0.433. The third-order valence-corrected chi connectivity index (χ3v) is 5.85. The zero-order chi connectivity index (χ0) is 20.7. The molecular formula is C22H26N2O5. The summed E-state index contributed by atoms with van der Waals surface area (Å²) in [4.78, 5) is 28.8. The van der Waals surface area contributed by atoms with Gasteiger partial charge in [0.15, 0.2) is 0 Å². The number of hydrogen-bond acceptors (Lipinski definition) is 6. The summed E-state index contributed by atoms with van der Waals surface area (Å²) in [5.74, 6) is 3.52. The largest absolute Gasteiger partial charge is 0.497 e. The standard InChI is InChI=1S/C22H26N2O5/c1-13-9-16(13)19-8-6-15(29-19)12-23(2)18-11-21(25)24(22(18)26)17-7-5-14(27-3)10-20(17)28-4/h5-8,10,13,16,18H,9,11-12H2,1-4H3. The van der Waals surface area contributed by atoms with Crippen LogP contribution in [0.1, 0.15) is 37.2 Å². The average Bonchev–Trinajstić information content (AvgIpc) is 3.13. The molecule has 7 heteroatoms. The number of nitrogens with zero attached hydrogens (tertiary/aromatic N) is 2. The number of methoxy groups -OCH3 is 2. The van der Waals surface area contributed by atoms with Gasteiger partial charge in [-0.25, -0.2) is 4.90 Å². The lowest BCUT2D eigenvalue weighted by atomic mass is 10.2. The number of furan rings is 1. The summed E-state index contributed by atoms with van der Waals surface area (Å²) < 4.78 is 16.5. The van der Waals surface area contributed by atoms with Gasteiger partial charge < -0.3 is 13.9 Å². The first-order chi connectivity index (χ1) is 13.9. The molecule has 3 atom stereocenters. The average molecular weight is 398 g/mol. The van der Waals surface area contributed by atoms with E-state index < -0.39 is 6.04 Å². The maximum Gasteiger partial charge on any atom is 0.251 e. The molecule has 0 spiro atoms. The van der Waals surface area contributed by atoms with Crippen LogP contribution in [-0.2, 0) is 16.1 Å². The van der Waals surface area contributed by atoms with Crippen LogP contribution in [-0.4, -0.2) is 44.0 Å². The monoisotopic (exact) mass is 398 g/mol. The van der Waals surface area contributed by atoms with Crippen LogP contribution < -0.4 is 14.4 Å². The lowest BCUT2D eigenvalue weighted by Crippen LogP contribution is -2.39. The summed E-state index contributed by atoms with van der Waals surface area (Å²) in [6, 6.07) is 8.48. The highest BCUT2D eigenvalue weighted by atomic mass is 16.5. The second-order valence-electron chi connectivity index (χ2n) is 7.86. The van der Waals surface area contributed by atoms with Crippen molar-refractivity contribution in [2.24, 2.45) is 5.92 Å². The fourth-order valence-corrected chi connectivity index (χ4v) is 3.94.